The first-order valence-corrected chi connectivity index (χ1v) is 9.72. The fourth-order valence-corrected chi connectivity index (χ4v) is 3.57. The van der Waals surface area contributed by atoms with E-state index in [4.69, 9.17) is 11.6 Å². The molecule has 1 aromatic rings. The Hall–Kier alpha value is -1.80. The summed E-state index contributed by atoms with van der Waals surface area (Å²) in [5.74, 6) is -1.93. The van der Waals surface area contributed by atoms with Crippen molar-refractivity contribution in [2.45, 2.75) is 63.4 Å². The van der Waals surface area contributed by atoms with Crippen LogP contribution in [-0.4, -0.2) is 41.0 Å². The molecule has 2 unspecified atom stereocenters. The van der Waals surface area contributed by atoms with Crippen LogP contribution in [0, 0.1) is 0 Å². The van der Waals surface area contributed by atoms with Crippen molar-refractivity contribution in [1.82, 2.24) is 5.32 Å². The number of hydrogen-bond donors (Lipinski definition) is 2. The van der Waals surface area contributed by atoms with Crippen molar-refractivity contribution in [1.29, 1.82) is 0 Å². The Labute approximate surface area is 166 Å². The first-order valence-electron chi connectivity index (χ1n) is 9.19. The molecule has 0 bridgehead atoms. The summed E-state index contributed by atoms with van der Waals surface area (Å²) < 4.78 is 39.3. The van der Waals surface area contributed by atoms with Crippen molar-refractivity contribution in [3.8, 4) is 0 Å². The molecule has 2 atom stereocenters. The number of anilines is 1. The van der Waals surface area contributed by atoms with Gasteiger partial charge >= 0.3 is 6.18 Å². The summed E-state index contributed by atoms with van der Waals surface area (Å²) in [6.45, 7) is 1.31. The zero-order valence-corrected chi connectivity index (χ0v) is 16.3. The summed E-state index contributed by atoms with van der Waals surface area (Å²) in [6, 6.07) is 2.59. The van der Waals surface area contributed by atoms with Crippen LogP contribution in [0.25, 0.3) is 0 Å². The van der Waals surface area contributed by atoms with Gasteiger partial charge in [0.2, 0.25) is 11.8 Å². The average Bonchev–Trinajstić information content (AvgIpc) is 2.65. The van der Waals surface area contributed by atoms with Crippen LogP contribution in [0.4, 0.5) is 18.9 Å². The average molecular weight is 421 g/mol. The monoisotopic (exact) mass is 420 g/mol. The van der Waals surface area contributed by atoms with Crippen molar-refractivity contribution in [3.05, 3.63) is 29.8 Å². The van der Waals surface area contributed by atoms with Crippen LogP contribution in [0.3, 0.4) is 0 Å². The van der Waals surface area contributed by atoms with Crippen molar-refractivity contribution in [2.24, 2.45) is 0 Å². The minimum absolute atomic E-state index is 0.0861. The first-order chi connectivity index (χ1) is 13.1. The highest BCUT2D eigenvalue weighted by Gasteiger charge is 2.37. The molecule has 2 rings (SSSR count). The molecule has 0 saturated heterocycles. The van der Waals surface area contributed by atoms with Crippen molar-refractivity contribution in [3.63, 3.8) is 0 Å². The molecule has 1 fully saturated rings. The van der Waals surface area contributed by atoms with Crippen LogP contribution >= 0.6 is 11.6 Å². The van der Waals surface area contributed by atoms with Gasteiger partial charge in [-0.25, -0.2) is 0 Å². The van der Waals surface area contributed by atoms with Gasteiger partial charge in [-0.3, -0.25) is 14.5 Å². The van der Waals surface area contributed by atoms with E-state index in [0.717, 1.165) is 55.2 Å². The summed E-state index contributed by atoms with van der Waals surface area (Å²) in [7, 11) is 0. The molecule has 0 spiro atoms. The Kier molecular flexibility index (Phi) is 7.71. The maximum Gasteiger partial charge on any atom is 0.416 e. The van der Waals surface area contributed by atoms with E-state index in [1.54, 1.807) is 0 Å². The maximum atomic E-state index is 13.1. The van der Waals surface area contributed by atoms with Crippen LogP contribution in [0.1, 0.15) is 44.6 Å². The van der Waals surface area contributed by atoms with Gasteiger partial charge in [-0.2, -0.15) is 13.2 Å². The Morgan fingerprint density at radius 1 is 1.29 bits per heavy atom. The van der Waals surface area contributed by atoms with Crippen LogP contribution < -0.4 is 10.2 Å². The SMILES string of the molecule is CC(O)C(C(=O)NC1CCCCC1)N(C(=O)CCl)c1cccc(C(F)(F)F)c1. The maximum absolute atomic E-state index is 13.1. The minimum atomic E-state index is -4.61. The molecule has 0 aromatic heterocycles. The standard InChI is InChI=1S/C19H24ClF3N2O3/c1-12(26)17(18(28)24-14-7-3-2-4-8-14)25(16(27)11-20)15-9-5-6-13(10-15)19(21,22)23/h5-6,9-10,12,14,17,26H,2-4,7-8,11H2,1H3,(H,24,28). The van der Waals surface area contributed by atoms with Crippen molar-refractivity contribution >= 4 is 29.1 Å². The fraction of sp³-hybridized carbons (Fsp3) is 0.579. The highest BCUT2D eigenvalue weighted by molar-refractivity contribution is 6.29. The van der Waals surface area contributed by atoms with E-state index in [1.165, 1.54) is 13.0 Å². The lowest BCUT2D eigenvalue weighted by Crippen LogP contribution is -2.57. The van der Waals surface area contributed by atoms with Crippen molar-refractivity contribution in [2.75, 3.05) is 10.8 Å². The number of hydrogen-bond acceptors (Lipinski definition) is 3. The second-order valence-electron chi connectivity index (χ2n) is 6.97. The smallest absolute Gasteiger partial charge is 0.391 e. The van der Waals surface area contributed by atoms with Gasteiger partial charge in [-0.15, -0.1) is 11.6 Å². The summed E-state index contributed by atoms with van der Waals surface area (Å²) in [5, 5.41) is 13.0. The second kappa shape index (κ2) is 9.60. The number of aliphatic hydroxyl groups excluding tert-OH is 1. The van der Waals surface area contributed by atoms with Gasteiger partial charge in [0.1, 0.15) is 11.9 Å². The molecule has 0 aliphatic heterocycles. The molecule has 1 aliphatic carbocycles. The molecule has 2 amide bonds. The van der Waals surface area contributed by atoms with E-state index >= 15 is 0 Å². The predicted molar refractivity (Wildman–Crippen MR) is 100 cm³/mol. The van der Waals surface area contributed by atoms with Gasteiger partial charge < -0.3 is 10.4 Å². The number of nitrogens with one attached hydrogen (secondary N) is 1. The minimum Gasteiger partial charge on any atom is -0.391 e. The van der Waals surface area contributed by atoms with Gasteiger partial charge in [0.25, 0.3) is 0 Å². The first kappa shape index (κ1) is 22.5. The third-order valence-corrected chi connectivity index (χ3v) is 5.02. The van der Waals surface area contributed by atoms with E-state index in [9.17, 15) is 27.9 Å². The molecule has 1 aliphatic rings. The number of benzene rings is 1. The van der Waals surface area contributed by atoms with Gasteiger partial charge in [0.05, 0.1) is 11.7 Å². The van der Waals surface area contributed by atoms with E-state index in [1.807, 2.05) is 0 Å². The van der Waals surface area contributed by atoms with Gasteiger partial charge in [-0.05, 0) is 38.0 Å². The van der Waals surface area contributed by atoms with Crippen LogP contribution in [0.5, 0.6) is 0 Å². The van der Waals surface area contributed by atoms with Crippen molar-refractivity contribution < 1.29 is 27.9 Å². The van der Waals surface area contributed by atoms with E-state index in [2.05, 4.69) is 5.32 Å². The highest BCUT2D eigenvalue weighted by atomic mass is 35.5. The molecule has 2 N–H and O–H groups in total. The Morgan fingerprint density at radius 3 is 2.46 bits per heavy atom. The molecule has 9 heteroatoms. The Bertz CT molecular complexity index is 691. The molecule has 156 valence electrons. The lowest BCUT2D eigenvalue weighted by molar-refractivity contribution is -0.137. The topological polar surface area (TPSA) is 69.6 Å². The Balaban J connectivity index is 2.37. The molecule has 5 nitrogen and oxygen atoms in total. The van der Waals surface area contributed by atoms with Gasteiger partial charge in [-0.1, -0.05) is 25.3 Å². The number of carbonyl (C=O) groups excluding carboxylic acids is 2. The zero-order valence-electron chi connectivity index (χ0n) is 15.5. The van der Waals surface area contributed by atoms with Crippen LogP contribution in [-0.2, 0) is 15.8 Å². The largest absolute Gasteiger partial charge is 0.416 e. The highest BCUT2D eigenvalue weighted by Crippen LogP contribution is 2.32. The number of rotatable bonds is 6. The number of carbonyl (C=O) groups is 2. The number of aliphatic hydroxyl groups is 1. The lowest BCUT2D eigenvalue weighted by atomic mass is 9.95. The normalized spacial score (nSPS) is 17.6. The van der Waals surface area contributed by atoms with Gasteiger partial charge in [0.15, 0.2) is 0 Å². The molecular weight excluding hydrogens is 397 g/mol. The summed E-state index contributed by atoms with van der Waals surface area (Å²) >= 11 is 5.64. The predicted octanol–water partition coefficient (Wildman–Crippen LogP) is 3.48. The van der Waals surface area contributed by atoms with Gasteiger partial charge in [0, 0.05) is 11.7 Å². The molecule has 0 heterocycles. The quantitative estimate of drug-likeness (QED) is 0.692. The number of alkyl halides is 4. The summed E-state index contributed by atoms with van der Waals surface area (Å²) in [6.07, 6.45) is -1.37. The molecule has 28 heavy (non-hydrogen) atoms. The van der Waals surface area contributed by atoms with E-state index in [0.29, 0.717) is 0 Å². The number of amides is 2. The molecule has 1 aromatic carbocycles. The third-order valence-electron chi connectivity index (χ3n) is 4.79. The summed E-state index contributed by atoms with van der Waals surface area (Å²) in [5.41, 5.74) is -1.11. The molecular formula is C19H24ClF3N2O3. The second-order valence-corrected chi connectivity index (χ2v) is 7.24. The van der Waals surface area contributed by atoms with E-state index in [-0.39, 0.29) is 11.7 Å². The molecule has 1 saturated carbocycles. The summed E-state index contributed by atoms with van der Waals surface area (Å²) in [4.78, 5) is 26.1. The number of nitrogens with zero attached hydrogens (tertiary/aromatic N) is 1. The van der Waals surface area contributed by atoms with Crippen LogP contribution in [0.15, 0.2) is 24.3 Å². The molecule has 0 radical (unpaired) electrons. The zero-order chi connectivity index (χ0) is 20.9. The number of halogens is 4. The van der Waals surface area contributed by atoms with Crippen LogP contribution in [0.2, 0.25) is 0 Å². The lowest BCUT2D eigenvalue weighted by Gasteiger charge is -2.34. The fourth-order valence-electron chi connectivity index (χ4n) is 3.44. The van der Waals surface area contributed by atoms with E-state index < -0.39 is 41.6 Å². The third kappa shape index (κ3) is 5.61. The Morgan fingerprint density at radius 2 is 1.93 bits per heavy atom.